The number of carbonyl (C=O) groups is 1. The van der Waals surface area contributed by atoms with E-state index in [1.165, 1.54) is 43.4 Å². The van der Waals surface area contributed by atoms with Crippen LogP contribution in [0.3, 0.4) is 0 Å². The maximum absolute atomic E-state index is 15.8. The van der Waals surface area contributed by atoms with Gasteiger partial charge in [0.15, 0.2) is 17.0 Å². The van der Waals surface area contributed by atoms with Gasteiger partial charge in [-0.25, -0.2) is 26.5 Å². The molecule has 1 fully saturated rings. The van der Waals surface area contributed by atoms with Crippen molar-refractivity contribution in [2.45, 2.75) is 23.5 Å². The van der Waals surface area contributed by atoms with Crippen LogP contribution in [0.5, 0.6) is 11.5 Å². The van der Waals surface area contributed by atoms with E-state index in [9.17, 15) is 17.6 Å². The highest BCUT2D eigenvalue weighted by Crippen LogP contribution is 2.40. The molecule has 0 aliphatic carbocycles. The smallest absolute Gasteiger partial charge is 0.271 e. The van der Waals surface area contributed by atoms with Gasteiger partial charge in [0.1, 0.15) is 33.8 Å². The minimum absolute atomic E-state index is 0.0872. The van der Waals surface area contributed by atoms with Crippen LogP contribution in [-0.2, 0) is 26.1 Å². The molecule has 0 amide bonds. The minimum atomic E-state index is -5.18. The van der Waals surface area contributed by atoms with Crippen LogP contribution in [0.4, 0.5) is 24.7 Å². The number of aromatic nitrogens is 1. The van der Waals surface area contributed by atoms with E-state index >= 15 is 8.78 Å². The molecule has 1 atom stereocenters. The molecule has 3 aromatic rings. The highest BCUT2D eigenvalue weighted by molar-refractivity contribution is 7.92. The molecule has 1 aliphatic rings. The van der Waals surface area contributed by atoms with E-state index in [-0.39, 0.29) is 36.3 Å². The fourth-order valence-electron chi connectivity index (χ4n) is 4.32. The van der Waals surface area contributed by atoms with Crippen molar-refractivity contribution in [3.63, 3.8) is 0 Å². The second-order valence-corrected chi connectivity index (χ2v) is 11.0. The van der Waals surface area contributed by atoms with Gasteiger partial charge < -0.3 is 23.9 Å². The third-order valence-corrected chi connectivity index (χ3v) is 8.58. The SMILES string of the molecule is [2H]C([2H])([2H])OC1(C=O)CCN(c2cc(F)c(S(=O)(=O)N(Cc3ccc(OC)cc3OC)c3cccc(F)n3)c(F)c2Cl)C1. The Morgan fingerprint density at radius 3 is 2.62 bits per heavy atom. The van der Waals surface area contributed by atoms with E-state index in [1.807, 2.05) is 0 Å². The van der Waals surface area contributed by atoms with Gasteiger partial charge in [-0.05, 0) is 24.3 Å². The summed E-state index contributed by atoms with van der Waals surface area (Å²) in [5, 5.41) is -0.815. The molecule has 0 saturated carbocycles. The van der Waals surface area contributed by atoms with Crippen molar-refractivity contribution in [1.82, 2.24) is 4.98 Å². The lowest BCUT2D eigenvalue weighted by molar-refractivity contribution is -0.125. The van der Waals surface area contributed by atoms with Gasteiger partial charge in [-0.3, -0.25) is 0 Å². The van der Waals surface area contributed by atoms with Gasteiger partial charge >= 0.3 is 0 Å². The summed E-state index contributed by atoms with van der Waals surface area (Å²) in [6.07, 6.45) is 0.146. The normalized spacial score (nSPS) is 18.6. The Hall–Kier alpha value is -3.55. The summed E-state index contributed by atoms with van der Waals surface area (Å²) in [4.78, 5) is 15.1. The third kappa shape index (κ3) is 5.40. The van der Waals surface area contributed by atoms with Gasteiger partial charge in [0.25, 0.3) is 10.0 Å². The van der Waals surface area contributed by atoms with E-state index < -0.39 is 69.1 Å². The Morgan fingerprint density at radius 2 is 1.98 bits per heavy atom. The van der Waals surface area contributed by atoms with Crippen molar-refractivity contribution < 1.29 is 44.7 Å². The number of methoxy groups -OCH3 is 3. The zero-order chi connectivity index (χ0) is 31.7. The first kappa shape index (κ1) is 25.4. The number of sulfonamides is 1. The standard InChI is InChI=1S/C26H25ClF3N3O6S/c1-37-17-8-7-16(20(11-17)38-2)13-33(22-6-4-5-21(29)31-22)40(35,36)25-18(28)12-19(23(27)24(25)30)32-10-9-26(14-32,15-34)39-3/h4-8,11-12,15H,9-10,13-14H2,1-3H3/i3D3. The Balaban J connectivity index is 1.79. The number of nitrogens with zero attached hydrogens (tertiary/aromatic N) is 3. The molecule has 0 spiro atoms. The van der Waals surface area contributed by atoms with Gasteiger partial charge in [-0.1, -0.05) is 17.7 Å². The van der Waals surface area contributed by atoms with E-state index in [4.69, 9.17) is 29.9 Å². The number of benzene rings is 2. The Labute approximate surface area is 238 Å². The average molecular weight is 603 g/mol. The second kappa shape index (κ2) is 11.5. The predicted molar refractivity (Wildman–Crippen MR) is 141 cm³/mol. The summed E-state index contributed by atoms with van der Waals surface area (Å²) >= 11 is 6.23. The topological polar surface area (TPSA) is 98.3 Å². The lowest BCUT2D eigenvalue weighted by Gasteiger charge is -2.27. The number of rotatable bonds is 10. The Kier molecular flexibility index (Phi) is 7.32. The number of aldehydes is 1. The van der Waals surface area contributed by atoms with Gasteiger partial charge in [0, 0.05) is 37.7 Å². The molecule has 14 heteroatoms. The number of hydrogen-bond acceptors (Lipinski definition) is 8. The first-order valence-electron chi connectivity index (χ1n) is 13.1. The first-order valence-corrected chi connectivity index (χ1v) is 13.4. The summed E-state index contributed by atoms with van der Waals surface area (Å²) in [7, 11) is -5.39. The number of pyridine rings is 1. The molecule has 2 heterocycles. The fraction of sp³-hybridized carbons (Fsp3) is 0.308. The molecule has 1 aliphatic heterocycles. The molecular weight excluding hydrogens is 575 g/mol. The van der Waals surface area contributed by atoms with E-state index in [1.54, 1.807) is 0 Å². The highest BCUT2D eigenvalue weighted by atomic mass is 35.5. The van der Waals surface area contributed by atoms with Crippen LogP contribution in [0.1, 0.15) is 16.1 Å². The monoisotopic (exact) mass is 602 g/mol. The fourth-order valence-corrected chi connectivity index (χ4v) is 6.16. The van der Waals surface area contributed by atoms with Crippen LogP contribution in [0.25, 0.3) is 0 Å². The van der Waals surface area contributed by atoms with Crippen LogP contribution in [0, 0.1) is 17.6 Å². The average Bonchev–Trinajstić information content (AvgIpc) is 3.36. The molecular formula is C26H25ClF3N3O6S. The van der Waals surface area contributed by atoms with Crippen LogP contribution >= 0.6 is 11.6 Å². The van der Waals surface area contributed by atoms with Crippen molar-refractivity contribution in [3.05, 3.63) is 70.6 Å². The summed E-state index contributed by atoms with van der Waals surface area (Å²) in [5.74, 6) is -4.23. The number of halogens is 4. The molecule has 4 rings (SSSR count). The quantitative estimate of drug-likeness (QED) is 0.192. The molecule has 0 bridgehead atoms. The summed E-state index contributed by atoms with van der Waals surface area (Å²) in [5.41, 5.74) is -1.93. The number of hydrogen-bond donors (Lipinski definition) is 0. The minimum Gasteiger partial charge on any atom is -0.497 e. The molecule has 1 unspecified atom stereocenters. The highest BCUT2D eigenvalue weighted by Gasteiger charge is 2.41. The zero-order valence-electron chi connectivity index (χ0n) is 24.2. The summed E-state index contributed by atoms with van der Waals surface area (Å²) in [6.45, 7) is -1.10. The predicted octanol–water partition coefficient (Wildman–Crippen LogP) is 4.36. The van der Waals surface area contributed by atoms with Crippen LogP contribution in [-0.4, -0.2) is 59.6 Å². The number of carbonyl (C=O) groups excluding carboxylic acids is 1. The largest absolute Gasteiger partial charge is 0.497 e. The van der Waals surface area contributed by atoms with Crippen molar-refractivity contribution in [2.24, 2.45) is 0 Å². The van der Waals surface area contributed by atoms with Gasteiger partial charge in [0.05, 0.1) is 37.1 Å². The van der Waals surface area contributed by atoms with Crippen LogP contribution in [0.15, 0.2) is 47.4 Å². The molecule has 214 valence electrons. The molecule has 2 aromatic carbocycles. The Morgan fingerprint density at radius 1 is 1.20 bits per heavy atom. The van der Waals surface area contributed by atoms with E-state index in [2.05, 4.69) is 4.98 Å². The van der Waals surface area contributed by atoms with E-state index in [0.717, 1.165) is 12.1 Å². The van der Waals surface area contributed by atoms with Gasteiger partial charge in [0.2, 0.25) is 5.95 Å². The molecule has 9 nitrogen and oxygen atoms in total. The molecule has 1 aromatic heterocycles. The van der Waals surface area contributed by atoms with Gasteiger partial charge in [-0.2, -0.15) is 4.39 Å². The lowest BCUT2D eigenvalue weighted by atomic mass is 10.1. The number of anilines is 2. The second-order valence-electron chi connectivity index (χ2n) is 8.80. The van der Waals surface area contributed by atoms with Crippen molar-refractivity contribution >= 4 is 39.4 Å². The molecule has 1 saturated heterocycles. The zero-order valence-corrected chi connectivity index (χ0v) is 22.7. The van der Waals surface area contributed by atoms with Crippen LogP contribution in [0.2, 0.25) is 5.02 Å². The Bertz CT molecular complexity index is 1650. The third-order valence-electron chi connectivity index (χ3n) is 6.43. The molecule has 0 N–H and O–H groups in total. The van der Waals surface area contributed by atoms with E-state index in [0.29, 0.717) is 16.1 Å². The molecule has 40 heavy (non-hydrogen) atoms. The van der Waals surface area contributed by atoms with Gasteiger partial charge in [-0.15, -0.1) is 0 Å². The summed E-state index contributed by atoms with van der Waals surface area (Å²) < 4.78 is 111. The number of ether oxygens (including phenoxy) is 3. The lowest BCUT2D eigenvalue weighted by Crippen LogP contribution is -2.37. The summed E-state index contributed by atoms with van der Waals surface area (Å²) in [6, 6.07) is 8.33. The molecule has 0 radical (unpaired) electrons. The van der Waals surface area contributed by atoms with Crippen molar-refractivity contribution in [2.75, 3.05) is 43.6 Å². The van der Waals surface area contributed by atoms with Crippen molar-refractivity contribution in [1.29, 1.82) is 0 Å². The maximum atomic E-state index is 15.8. The van der Waals surface area contributed by atoms with Crippen LogP contribution < -0.4 is 18.7 Å². The van der Waals surface area contributed by atoms with Crippen molar-refractivity contribution in [3.8, 4) is 11.5 Å². The first-order chi connectivity index (χ1) is 20.1. The maximum Gasteiger partial charge on any atom is 0.271 e.